The van der Waals surface area contributed by atoms with E-state index in [1.54, 1.807) is 0 Å². The normalized spacial score (nSPS) is 16.3. The Labute approximate surface area is 66.5 Å². The summed E-state index contributed by atoms with van der Waals surface area (Å²) in [5.74, 6) is 0. The fourth-order valence-electron chi connectivity index (χ4n) is 0.468. The first-order chi connectivity index (χ1) is 5.12. The van der Waals surface area contributed by atoms with Crippen molar-refractivity contribution in [2.45, 2.75) is 13.8 Å². The SMILES string of the molecule is CCOCCOP(=O)(F)CC. The molecule has 0 heterocycles. The van der Waals surface area contributed by atoms with Crippen molar-refractivity contribution in [2.75, 3.05) is 26.0 Å². The van der Waals surface area contributed by atoms with Gasteiger partial charge in [0.15, 0.2) is 0 Å². The molecule has 0 spiro atoms. The second-order valence-corrected chi connectivity index (χ2v) is 4.01. The average Bonchev–Trinajstić information content (AvgIpc) is 1.99. The summed E-state index contributed by atoms with van der Waals surface area (Å²) in [6, 6.07) is 0. The van der Waals surface area contributed by atoms with Gasteiger partial charge in [0, 0.05) is 6.61 Å². The topological polar surface area (TPSA) is 35.5 Å². The van der Waals surface area contributed by atoms with E-state index in [1.165, 1.54) is 6.92 Å². The highest BCUT2D eigenvalue weighted by Crippen LogP contribution is 2.47. The molecule has 0 radical (unpaired) electrons. The predicted octanol–water partition coefficient (Wildman–Crippen LogP) is 2.22. The molecule has 68 valence electrons. The van der Waals surface area contributed by atoms with E-state index in [4.69, 9.17) is 4.74 Å². The van der Waals surface area contributed by atoms with Crippen molar-refractivity contribution >= 4 is 7.68 Å². The summed E-state index contributed by atoms with van der Waals surface area (Å²) in [5, 5.41) is 0. The second-order valence-electron chi connectivity index (χ2n) is 1.94. The molecule has 0 aliphatic heterocycles. The van der Waals surface area contributed by atoms with Crippen LogP contribution in [-0.4, -0.2) is 26.0 Å². The first-order valence-corrected chi connectivity index (χ1v) is 5.33. The van der Waals surface area contributed by atoms with Crippen LogP contribution in [0.5, 0.6) is 0 Å². The quantitative estimate of drug-likeness (QED) is 0.469. The third-order valence-electron chi connectivity index (χ3n) is 1.09. The summed E-state index contributed by atoms with van der Waals surface area (Å²) in [4.78, 5) is 0. The zero-order valence-corrected chi connectivity index (χ0v) is 7.77. The van der Waals surface area contributed by atoms with Crippen molar-refractivity contribution in [2.24, 2.45) is 0 Å². The maximum absolute atomic E-state index is 12.5. The maximum Gasteiger partial charge on any atom is 0.367 e. The molecular formula is C6H14FO3P. The minimum atomic E-state index is -3.79. The molecule has 3 nitrogen and oxygen atoms in total. The monoisotopic (exact) mass is 184 g/mol. The van der Waals surface area contributed by atoms with E-state index >= 15 is 0 Å². The zero-order chi connectivity index (χ0) is 8.74. The summed E-state index contributed by atoms with van der Waals surface area (Å²) >= 11 is 0. The van der Waals surface area contributed by atoms with Gasteiger partial charge < -0.3 is 9.26 Å². The lowest BCUT2D eigenvalue weighted by Gasteiger charge is -2.06. The van der Waals surface area contributed by atoms with Gasteiger partial charge in [0.2, 0.25) is 0 Å². The number of hydrogen-bond acceptors (Lipinski definition) is 3. The Morgan fingerprint density at radius 2 is 2.00 bits per heavy atom. The van der Waals surface area contributed by atoms with Gasteiger partial charge in [-0.25, -0.2) is 0 Å². The van der Waals surface area contributed by atoms with Gasteiger partial charge in [-0.1, -0.05) is 6.92 Å². The minimum Gasteiger partial charge on any atom is -0.379 e. The molecule has 11 heavy (non-hydrogen) atoms. The smallest absolute Gasteiger partial charge is 0.367 e. The summed E-state index contributed by atoms with van der Waals surface area (Å²) < 4.78 is 32.4. The van der Waals surface area contributed by atoms with Crippen molar-refractivity contribution in [3.63, 3.8) is 0 Å². The molecule has 0 aromatic carbocycles. The van der Waals surface area contributed by atoms with Crippen LogP contribution in [0.25, 0.3) is 0 Å². The fraction of sp³-hybridized carbons (Fsp3) is 1.00. The van der Waals surface area contributed by atoms with Crippen molar-refractivity contribution < 1.29 is 18.0 Å². The van der Waals surface area contributed by atoms with Gasteiger partial charge in [0.1, 0.15) is 0 Å². The van der Waals surface area contributed by atoms with Gasteiger partial charge >= 0.3 is 7.68 Å². The molecule has 0 N–H and O–H groups in total. The van der Waals surface area contributed by atoms with E-state index in [1.807, 2.05) is 6.92 Å². The molecule has 0 fully saturated rings. The first kappa shape index (κ1) is 11.1. The Bertz CT molecular complexity index is 140. The molecule has 0 aromatic rings. The highest BCUT2D eigenvalue weighted by atomic mass is 31.2. The molecule has 0 aliphatic carbocycles. The molecule has 0 rings (SSSR count). The fourth-order valence-corrected chi connectivity index (χ4v) is 0.998. The standard InChI is InChI=1S/C6H14FO3P/c1-3-9-5-6-10-11(7,8)4-2/h3-6H2,1-2H3. The summed E-state index contributed by atoms with van der Waals surface area (Å²) in [5.41, 5.74) is 0. The Morgan fingerprint density at radius 1 is 1.36 bits per heavy atom. The van der Waals surface area contributed by atoms with E-state index in [-0.39, 0.29) is 12.8 Å². The minimum absolute atomic E-state index is 0.0649. The lowest BCUT2D eigenvalue weighted by molar-refractivity contribution is 0.108. The summed E-state index contributed by atoms with van der Waals surface area (Å²) in [6.45, 7) is 4.24. The van der Waals surface area contributed by atoms with Crippen LogP contribution < -0.4 is 0 Å². The molecule has 0 amide bonds. The van der Waals surface area contributed by atoms with E-state index in [2.05, 4.69) is 4.52 Å². The van der Waals surface area contributed by atoms with E-state index in [9.17, 15) is 8.76 Å². The van der Waals surface area contributed by atoms with Crippen LogP contribution in [0.15, 0.2) is 0 Å². The lowest BCUT2D eigenvalue weighted by atomic mass is 10.8. The number of hydrogen-bond donors (Lipinski definition) is 0. The molecular weight excluding hydrogens is 170 g/mol. The second kappa shape index (κ2) is 5.70. The Morgan fingerprint density at radius 3 is 2.45 bits per heavy atom. The average molecular weight is 184 g/mol. The van der Waals surface area contributed by atoms with Gasteiger partial charge in [-0.3, -0.25) is 4.57 Å². The number of ether oxygens (including phenoxy) is 1. The molecule has 5 heteroatoms. The predicted molar refractivity (Wildman–Crippen MR) is 41.7 cm³/mol. The van der Waals surface area contributed by atoms with Crippen molar-refractivity contribution in [3.8, 4) is 0 Å². The maximum atomic E-state index is 12.5. The Kier molecular flexibility index (Phi) is 5.74. The van der Waals surface area contributed by atoms with Crippen molar-refractivity contribution in [1.82, 2.24) is 0 Å². The van der Waals surface area contributed by atoms with Gasteiger partial charge in [0.05, 0.1) is 19.4 Å². The van der Waals surface area contributed by atoms with Gasteiger partial charge in [-0.15, -0.1) is 0 Å². The molecule has 1 unspecified atom stereocenters. The third kappa shape index (κ3) is 6.48. The zero-order valence-electron chi connectivity index (χ0n) is 6.88. The largest absolute Gasteiger partial charge is 0.379 e. The third-order valence-corrected chi connectivity index (χ3v) is 2.42. The van der Waals surface area contributed by atoms with Crippen LogP contribution in [-0.2, 0) is 13.8 Å². The van der Waals surface area contributed by atoms with Crippen LogP contribution in [0.2, 0.25) is 0 Å². The molecule has 0 bridgehead atoms. The number of rotatable bonds is 6. The van der Waals surface area contributed by atoms with Gasteiger partial charge in [-0.05, 0) is 6.92 Å². The van der Waals surface area contributed by atoms with Crippen molar-refractivity contribution in [3.05, 3.63) is 0 Å². The van der Waals surface area contributed by atoms with E-state index in [0.29, 0.717) is 13.2 Å². The first-order valence-electron chi connectivity index (χ1n) is 3.63. The van der Waals surface area contributed by atoms with Crippen LogP contribution in [0.4, 0.5) is 4.20 Å². The summed E-state index contributed by atoms with van der Waals surface area (Å²) in [7, 11) is -3.79. The molecule has 0 aromatic heterocycles. The highest BCUT2D eigenvalue weighted by Gasteiger charge is 2.17. The Hall–Kier alpha value is 0.0800. The van der Waals surface area contributed by atoms with Crippen molar-refractivity contribution in [1.29, 1.82) is 0 Å². The van der Waals surface area contributed by atoms with Crippen LogP contribution in [0.1, 0.15) is 13.8 Å². The van der Waals surface area contributed by atoms with Crippen LogP contribution in [0.3, 0.4) is 0 Å². The van der Waals surface area contributed by atoms with E-state index < -0.39 is 7.68 Å². The van der Waals surface area contributed by atoms with Crippen LogP contribution in [0, 0.1) is 0 Å². The van der Waals surface area contributed by atoms with Crippen LogP contribution >= 0.6 is 7.68 Å². The highest BCUT2D eigenvalue weighted by molar-refractivity contribution is 7.53. The molecule has 0 saturated carbocycles. The molecule has 0 aliphatic rings. The van der Waals surface area contributed by atoms with E-state index in [0.717, 1.165) is 0 Å². The molecule has 1 atom stereocenters. The Balaban J connectivity index is 3.31. The lowest BCUT2D eigenvalue weighted by Crippen LogP contribution is -2.01. The summed E-state index contributed by atoms with van der Waals surface area (Å²) in [6.07, 6.45) is -0.0703. The molecule has 0 saturated heterocycles. The number of halogens is 1. The van der Waals surface area contributed by atoms with Gasteiger partial charge in [-0.2, -0.15) is 4.20 Å². The van der Waals surface area contributed by atoms with Gasteiger partial charge in [0.25, 0.3) is 0 Å².